The van der Waals surface area contributed by atoms with E-state index < -0.39 is 40.6 Å². The van der Waals surface area contributed by atoms with E-state index in [-0.39, 0.29) is 10.7 Å². The van der Waals surface area contributed by atoms with Gasteiger partial charge in [0, 0.05) is 7.05 Å². The Morgan fingerprint density at radius 1 is 1.07 bits per heavy atom. The van der Waals surface area contributed by atoms with Gasteiger partial charge in [0.2, 0.25) is 10.0 Å². The second-order valence-electron chi connectivity index (χ2n) is 6.99. The summed E-state index contributed by atoms with van der Waals surface area (Å²) < 4.78 is 44.0. The van der Waals surface area contributed by atoms with Crippen LogP contribution >= 0.6 is 0 Å². The molecule has 2 aromatic rings. The molecule has 0 saturated heterocycles. The van der Waals surface area contributed by atoms with Gasteiger partial charge in [0.15, 0.2) is 6.10 Å². The molecule has 0 aliphatic carbocycles. The zero-order chi connectivity index (χ0) is 22.5. The molecule has 2 rings (SSSR count). The van der Waals surface area contributed by atoms with E-state index in [4.69, 9.17) is 4.74 Å². The molecule has 0 fully saturated rings. The quantitative estimate of drug-likeness (QED) is 0.642. The van der Waals surface area contributed by atoms with Crippen molar-refractivity contribution in [3.63, 3.8) is 0 Å². The number of ether oxygens (including phenoxy) is 1. The lowest BCUT2D eigenvalue weighted by atomic mass is 10.1. The SMILES string of the molecule is Cc1ccc(S(=O)(=O)N(C)CC(=O)OC(C)C(=O)NC(C)c2ccc(F)cc2)cc1. The fourth-order valence-electron chi connectivity index (χ4n) is 2.61. The largest absolute Gasteiger partial charge is 0.452 e. The maximum atomic E-state index is 13.0. The molecule has 7 nitrogen and oxygen atoms in total. The first-order valence-corrected chi connectivity index (χ1v) is 10.7. The Balaban J connectivity index is 1.92. The highest BCUT2D eigenvalue weighted by Crippen LogP contribution is 2.16. The lowest BCUT2D eigenvalue weighted by molar-refractivity contribution is -0.155. The predicted octanol–water partition coefficient (Wildman–Crippen LogP) is 2.56. The van der Waals surface area contributed by atoms with Gasteiger partial charge in [0.1, 0.15) is 12.4 Å². The van der Waals surface area contributed by atoms with Gasteiger partial charge in [-0.1, -0.05) is 29.8 Å². The number of esters is 1. The number of carbonyl (C=O) groups excluding carboxylic acids is 2. The molecule has 9 heteroatoms. The maximum Gasteiger partial charge on any atom is 0.322 e. The number of carbonyl (C=O) groups is 2. The lowest BCUT2D eigenvalue weighted by Crippen LogP contribution is -2.40. The number of hydrogen-bond donors (Lipinski definition) is 1. The number of benzene rings is 2. The zero-order valence-corrected chi connectivity index (χ0v) is 18.1. The standard InChI is InChI=1S/C21H25FN2O5S/c1-14-5-11-19(12-6-14)30(27,28)24(4)13-20(25)29-16(3)21(26)23-15(2)17-7-9-18(22)10-8-17/h5-12,15-16H,13H2,1-4H3,(H,23,26). The van der Waals surface area contributed by atoms with Gasteiger partial charge in [-0.05, 0) is 50.6 Å². The number of halogens is 1. The Kier molecular flexibility index (Phi) is 7.69. The third kappa shape index (κ3) is 6.11. The molecular weight excluding hydrogens is 411 g/mol. The minimum Gasteiger partial charge on any atom is -0.452 e. The van der Waals surface area contributed by atoms with E-state index in [1.165, 1.54) is 38.2 Å². The molecule has 1 N–H and O–H groups in total. The van der Waals surface area contributed by atoms with E-state index in [9.17, 15) is 22.4 Å². The zero-order valence-electron chi connectivity index (χ0n) is 17.3. The molecule has 2 unspecified atom stereocenters. The van der Waals surface area contributed by atoms with Crippen molar-refractivity contribution >= 4 is 21.9 Å². The van der Waals surface area contributed by atoms with E-state index in [2.05, 4.69) is 5.32 Å². The van der Waals surface area contributed by atoms with Crippen molar-refractivity contribution in [3.8, 4) is 0 Å². The number of nitrogens with zero attached hydrogens (tertiary/aromatic N) is 1. The first kappa shape index (κ1) is 23.5. The minimum absolute atomic E-state index is 0.0577. The van der Waals surface area contributed by atoms with Crippen molar-refractivity contribution in [1.82, 2.24) is 9.62 Å². The third-order valence-corrected chi connectivity index (χ3v) is 6.30. The first-order chi connectivity index (χ1) is 14.0. The highest BCUT2D eigenvalue weighted by atomic mass is 32.2. The maximum absolute atomic E-state index is 13.0. The van der Waals surface area contributed by atoms with Crippen molar-refractivity contribution in [2.75, 3.05) is 13.6 Å². The number of likely N-dealkylation sites (N-methyl/N-ethyl adjacent to an activating group) is 1. The summed E-state index contributed by atoms with van der Waals surface area (Å²) in [5, 5.41) is 2.66. The highest BCUT2D eigenvalue weighted by molar-refractivity contribution is 7.89. The van der Waals surface area contributed by atoms with Crippen LogP contribution in [-0.2, 0) is 24.3 Å². The summed E-state index contributed by atoms with van der Waals surface area (Å²) in [5.74, 6) is -1.79. The normalized spacial score (nSPS) is 13.5. The van der Waals surface area contributed by atoms with Gasteiger partial charge >= 0.3 is 5.97 Å². The van der Waals surface area contributed by atoms with Gasteiger partial charge < -0.3 is 10.1 Å². The average Bonchev–Trinajstić information content (AvgIpc) is 2.68. The van der Waals surface area contributed by atoms with E-state index in [1.54, 1.807) is 31.2 Å². The molecule has 0 bridgehead atoms. The Bertz CT molecular complexity index is 991. The minimum atomic E-state index is -3.86. The summed E-state index contributed by atoms with van der Waals surface area (Å²) in [4.78, 5) is 24.5. The molecule has 0 spiro atoms. The van der Waals surface area contributed by atoms with E-state index in [0.717, 1.165) is 9.87 Å². The number of amides is 1. The monoisotopic (exact) mass is 436 g/mol. The number of nitrogens with one attached hydrogen (secondary N) is 1. The van der Waals surface area contributed by atoms with E-state index in [0.29, 0.717) is 5.56 Å². The Labute approximate surface area is 175 Å². The van der Waals surface area contributed by atoms with Gasteiger partial charge in [0.25, 0.3) is 5.91 Å². The van der Waals surface area contributed by atoms with Crippen LogP contribution in [0.1, 0.15) is 31.0 Å². The van der Waals surface area contributed by atoms with Gasteiger partial charge in [0.05, 0.1) is 10.9 Å². The van der Waals surface area contributed by atoms with Crippen LogP contribution in [-0.4, -0.2) is 44.3 Å². The van der Waals surface area contributed by atoms with Gasteiger partial charge in [-0.25, -0.2) is 12.8 Å². The molecule has 2 atom stereocenters. The summed E-state index contributed by atoms with van der Waals surface area (Å²) in [5.41, 5.74) is 1.60. The van der Waals surface area contributed by atoms with Gasteiger partial charge in [-0.3, -0.25) is 9.59 Å². The predicted molar refractivity (Wildman–Crippen MR) is 110 cm³/mol. The van der Waals surface area contributed by atoms with Crippen LogP contribution in [0.5, 0.6) is 0 Å². The number of hydrogen-bond acceptors (Lipinski definition) is 5. The number of aryl methyl sites for hydroxylation is 1. The van der Waals surface area contributed by atoms with Crippen molar-refractivity contribution in [1.29, 1.82) is 0 Å². The van der Waals surface area contributed by atoms with Crippen LogP contribution in [0.2, 0.25) is 0 Å². The van der Waals surface area contributed by atoms with Crippen molar-refractivity contribution in [3.05, 3.63) is 65.5 Å². The molecule has 0 aliphatic rings. The summed E-state index contributed by atoms with van der Waals surface area (Å²) in [6.07, 6.45) is -1.13. The summed E-state index contributed by atoms with van der Waals surface area (Å²) in [6.45, 7) is 4.39. The van der Waals surface area contributed by atoms with Crippen molar-refractivity contribution < 1.29 is 27.1 Å². The van der Waals surface area contributed by atoms with Crippen LogP contribution in [0, 0.1) is 12.7 Å². The number of rotatable bonds is 8. The second kappa shape index (κ2) is 9.82. The molecule has 1 amide bonds. The lowest BCUT2D eigenvalue weighted by Gasteiger charge is -2.20. The van der Waals surface area contributed by atoms with E-state index in [1.807, 2.05) is 6.92 Å². The Morgan fingerprint density at radius 3 is 2.20 bits per heavy atom. The topological polar surface area (TPSA) is 92.8 Å². The van der Waals surface area contributed by atoms with Gasteiger partial charge in [-0.2, -0.15) is 4.31 Å². The molecule has 2 aromatic carbocycles. The highest BCUT2D eigenvalue weighted by Gasteiger charge is 2.26. The Morgan fingerprint density at radius 2 is 1.63 bits per heavy atom. The number of sulfonamides is 1. The molecule has 0 radical (unpaired) electrons. The van der Waals surface area contributed by atoms with Crippen molar-refractivity contribution in [2.24, 2.45) is 0 Å². The summed E-state index contributed by atoms with van der Waals surface area (Å²) in [7, 11) is -2.60. The fourth-order valence-corrected chi connectivity index (χ4v) is 3.73. The smallest absolute Gasteiger partial charge is 0.322 e. The molecule has 0 aliphatic heterocycles. The third-order valence-electron chi connectivity index (χ3n) is 4.49. The van der Waals surface area contributed by atoms with Crippen LogP contribution in [0.25, 0.3) is 0 Å². The summed E-state index contributed by atoms with van der Waals surface area (Å²) >= 11 is 0. The van der Waals surface area contributed by atoms with Crippen LogP contribution < -0.4 is 5.32 Å². The Hall–Kier alpha value is -2.78. The molecule has 0 saturated carbocycles. The molecule has 0 heterocycles. The summed E-state index contributed by atoms with van der Waals surface area (Å²) in [6, 6.07) is 11.5. The first-order valence-electron chi connectivity index (χ1n) is 9.29. The fraction of sp³-hybridized carbons (Fsp3) is 0.333. The molecular formula is C21H25FN2O5S. The second-order valence-corrected chi connectivity index (χ2v) is 9.03. The van der Waals surface area contributed by atoms with E-state index >= 15 is 0 Å². The van der Waals surface area contributed by atoms with Crippen LogP contribution in [0.4, 0.5) is 4.39 Å². The molecule has 162 valence electrons. The van der Waals surface area contributed by atoms with Crippen LogP contribution in [0.3, 0.4) is 0 Å². The molecule has 30 heavy (non-hydrogen) atoms. The average molecular weight is 437 g/mol. The van der Waals surface area contributed by atoms with Gasteiger partial charge in [-0.15, -0.1) is 0 Å². The van der Waals surface area contributed by atoms with Crippen molar-refractivity contribution in [2.45, 2.75) is 37.8 Å². The molecule has 0 aromatic heterocycles. The van der Waals surface area contributed by atoms with Crippen LogP contribution in [0.15, 0.2) is 53.4 Å².